The molecule has 1 aromatic carbocycles. The molecule has 4 heteroatoms. The predicted octanol–water partition coefficient (Wildman–Crippen LogP) is 3.59. The second kappa shape index (κ2) is 4.49. The number of benzene rings is 1. The first-order chi connectivity index (χ1) is 6.02. The molecule has 1 rings (SSSR count). The lowest BCUT2D eigenvalue weighted by Crippen LogP contribution is -2.10. The van der Waals surface area contributed by atoms with Gasteiger partial charge in [-0.3, -0.25) is 4.79 Å². The Hall–Kier alpha value is 0.01000. The van der Waals surface area contributed by atoms with Crippen molar-refractivity contribution in [2.45, 2.75) is 16.6 Å². The number of ketones is 1. The lowest BCUT2D eigenvalue weighted by molar-refractivity contribution is 0.0993. The van der Waals surface area contributed by atoms with Crippen molar-refractivity contribution in [3.63, 3.8) is 0 Å². The zero-order valence-electron chi connectivity index (χ0n) is 6.92. The third kappa shape index (κ3) is 2.73. The highest BCUT2D eigenvalue weighted by atomic mass is 79.9. The summed E-state index contributed by atoms with van der Waals surface area (Å²) in [7, 11) is 0. The van der Waals surface area contributed by atoms with Gasteiger partial charge < -0.3 is 0 Å². The summed E-state index contributed by atoms with van der Waals surface area (Å²) in [6.07, 6.45) is 0. The summed E-state index contributed by atoms with van der Waals surface area (Å²) in [5.74, 6) is -0.00694. The summed E-state index contributed by atoms with van der Waals surface area (Å²) in [4.78, 5) is 12.0. The maximum absolute atomic E-state index is 11.6. The Labute approximate surface area is 96.0 Å². The van der Waals surface area contributed by atoms with Gasteiger partial charge in [-0.05, 0) is 25.1 Å². The van der Waals surface area contributed by atoms with E-state index in [-0.39, 0.29) is 10.6 Å². The molecule has 70 valence electrons. The minimum Gasteiger partial charge on any atom is -0.293 e. The van der Waals surface area contributed by atoms with Crippen LogP contribution in [0.15, 0.2) is 23.1 Å². The average molecular weight is 280 g/mol. The fourth-order valence-corrected chi connectivity index (χ4v) is 1.59. The molecule has 0 saturated heterocycles. The smallest absolute Gasteiger partial charge is 0.177 e. The van der Waals surface area contributed by atoms with Crippen LogP contribution in [0.2, 0.25) is 5.02 Å². The SMILES string of the molecule is CC(Br)C(=O)c1cc(Cl)ccc1S. The number of alkyl halides is 1. The maximum Gasteiger partial charge on any atom is 0.177 e. The predicted molar refractivity (Wildman–Crippen MR) is 61.4 cm³/mol. The average Bonchev–Trinajstić information content (AvgIpc) is 2.08. The van der Waals surface area contributed by atoms with Crippen molar-refractivity contribution in [1.29, 1.82) is 0 Å². The number of hydrogen-bond donors (Lipinski definition) is 1. The van der Waals surface area contributed by atoms with Gasteiger partial charge >= 0.3 is 0 Å². The minimum absolute atomic E-state index is 0.00694. The van der Waals surface area contributed by atoms with Crippen LogP contribution < -0.4 is 0 Å². The van der Waals surface area contributed by atoms with Gasteiger partial charge in [-0.15, -0.1) is 12.6 Å². The van der Waals surface area contributed by atoms with E-state index in [1.54, 1.807) is 25.1 Å². The zero-order chi connectivity index (χ0) is 10.0. The molecular formula is C9H8BrClOS. The van der Waals surface area contributed by atoms with Crippen molar-refractivity contribution in [3.05, 3.63) is 28.8 Å². The Bertz CT molecular complexity index is 338. The van der Waals surface area contributed by atoms with Crippen molar-refractivity contribution in [1.82, 2.24) is 0 Å². The third-order valence-corrected chi connectivity index (χ3v) is 2.63. The van der Waals surface area contributed by atoms with Gasteiger partial charge in [0.1, 0.15) is 0 Å². The Morgan fingerprint density at radius 1 is 1.62 bits per heavy atom. The van der Waals surface area contributed by atoms with Crippen molar-refractivity contribution < 1.29 is 4.79 Å². The van der Waals surface area contributed by atoms with E-state index >= 15 is 0 Å². The van der Waals surface area contributed by atoms with Crippen molar-refractivity contribution in [2.24, 2.45) is 0 Å². The van der Waals surface area contributed by atoms with Crippen LogP contribution in [0, 0.1) is 0 Å². The lowest BCUT2D eigenvalue weighted by atomic mass is 10.1. The van der Waals surface area contributed by atoms with Crippen LogP contribution >= 0.6 is 40.2 Å². The fourth-order valence-electron chi connectivity index (χ4n) is 0.920. The molecule has 0 bridgehead atoms. The summed E-state index contributed by atoms with van der Waals surface area (Å²) >= 11 is 13.2. The van der Waals surface area contributed by atoms with Gasteiger partial charge in [0, 0.05) is 15.5 Å². The third-order valence-electron chi connectivity index (χ3n) is 1.59. The topological polar surface area (TPSA) is 17.1 Å². The maximum atomic E-state index is 11.6. The molecule has 0 spiro atoms. The highest BCUT2D eigenvalue weighted by Crippen LogP contribution is 2.22. The molecule has 0 aliphatic rings. The quantitative estimate of drug-likeness (QED) is 0.497. The van der Waals surface area contributed by atoms with Gasteiger partial charge in [0.2, 0.25) is 0 Å². The number of rotatable bonds is 2. The van der Waals surface area contributed by atoms with Gasteiger partial charge in [0.05, 0.1) is 4.83 Å². The zero-order valence-corrected chi connectivity index (χ0v) is 10.2. The lowest BCUT2D eigenvalue weighted by Gasteiger charge is -2.05. The van der Waals surface area contributed by atoms with Crippen LogP contribution in [0.25, 0.3) is 0 Å². The molecule has 1 aromatic rings. The Morgan fingerprint density at radius 3 is 2.77 bits per heavy atom. The first kappa shape index (κ1) is 11.1. The van der Waals surface area contributed by atoms with Crippen LogP contribution in [0.1, 0.15) is 17.3 Å². The minimum atomic E-state index is -0.211. The van der Waals surface area contributed by atoms with Crippen LogP contribution in [0.3, 0.4) is 0 Å². The van der Waals surface area contributed by atoms with Crippen molar-refractivity contribution in [3.8, 4) is 0 Å². The molecule has 1 nitrogen and oxygen atoms in total. The Morgan fingerprint density at radius 2 is 2.23 bits per heavy atom. The Balaban J connectivity index is 3.13. The Kier molecular flexibility index (Phi) is 3.83. The van der Waals surface area contributed by atoms with E-state index in [1.165, 1.54) is 0 Å². The van der Waals surface area contributed by atoms with Crippen LogP contribution in [-0.2, 0) is 0 Å². The van der Waals surface area contributed by atoms with Crippen molar-refractivity contribution in [2.75, 3.05) is 0 Å². The summed E-state index contributed by atoms with van der Waals surface area (Å²) in [6.45, 7) is 1.77. The number of halogens is 2. The van der Waals surface area contributed by atoms with Crippen LogP contribution in [-0.4, -0.2) is 10.6 Å². The molecule has 0 heterocycles. The van der Waals surface area contributed by atoms with Gasteiger partial charge in [0.25, 0.3) is 0 Å². The van der Waals surface area contributed by atoms with Gasteiger partial charge in [-0.25, -0.2) is 0 Å². The molecule has 0 N–H and O–H groups in total. The monoisotopic (exact) mass is 278 g/mol. The largest absolute Gasteiger partial charge is 0.293 e. The number of carbonyl (C=O) groups is 1. The molecule has 0 fully saturated rings. The molecule has 0 aromatic heterocycles. The first-order valence-corrected chi connectivity index (χ1v) is 5.43. The van der Waals surface area contributed by atoms with E-state index in [0.29, 0.717) is 15.5 Å². The molecule has 0 radical (unpaired) electrons. The van der Waals surface area contributed by atoms with Gasteiger partial charge in [0.15, 0.2) is 5.78 Å². The van der Waals surface area contributed by atoms with Crippen LogP contribution in [0.5, 0.6) is 0 Å². The highest BCUT2D eigenvalue weighted by molar-refractivity contribution is 9.10. The number of hydrogen-bond acceptors (Lipinski definition) is 2. The molecule has 0 aliphatic carbocycles. The first-order valence-electron chi connectivity index (χ1n) is 3.69. The molecule has 1 unspecified atom stereocenters. The number of Topliss-reactive ketones (excluding diaryl/α,β-unsaturated/α-hetero) is 1. The molecule has 0 saturated carbocycles. The van der Waals surface area contributed by atoms with Gasteiger partial charge in [-0.2, -0.15) is 0 Å². The van der Waals surface area contributed by atoms with E-state index in [4.69, 9.17) is 11.6 Å². The van der Waals surface area contributed by atoms with E-state index < -0.39 is 0 Å². The second-order valence-corrected chi connectivity index (χ2v) is 4.93. The summed E-state index contributed by atoms with van der Waals surface area (Å²) in [5, 5.41) is 0.550. The van der Waals surface area contributed by atoms with E-state index in [2.05, 4.69) is 28.6 Å². The van der Waals surface area contributed by atoms with E-state index in [1.807, 2.05) is 0 Å². The molecular weight excluding hydrogens is 272 g/mol. The van der Waals surface area contributed by atoms with Gasteiger partial charge in [-0.1, -0.05) is 27.5 Å². The van der Waals surface area contributed by atoms with Crippen LogP contribution in [0.4, 0.5) is 0 Å². The fraction of sp³-hybridized carbons (Fsp3) is 0.222. The summed E-state index contributed by atoms with van der Waals surface area (Å²) in [6, 6.07) is 5.05. The summed E-state index contributed by atoms with van der Waals surface area (Å²) < 4.78 is 0. The number of thiol groups is 1. The van der Waals surface area contributed by atoms with E-state index in [0.717, 1.165) is 0 Å². The summed E-state index contributed by atoms with van der Waals surface area (Å²) in [5.41, 5.74) is 0.556. The normalized spacial score (nSPS) is 12.6. The molecule has 1 atom stereocenters. The molecule has 0 amide bonds. The number of carbonyl (C=O) groups excluding carboxylic acids is 1. The molecule has 0 aliphatic heterocycles. The highest BCUT2D eigenvalue weighted by Gasteiger charge is 2.14. The molecule has 13 heavy (non-hydrogen) atoms. The van der Waals surface area contributed by atoms with E-state index in [9.17, 15) is 4.79 Å². The standard InChI is InChI=1S/C9H8BrClOS/c1-5(10)9(12)7-4-6(11)2-3-8(7)13/h2-5,13H,1H3. The second-order valence-electron chi connectivity index (χ2n) is 2.64. The van der Waals surface area contributed by atoms with Crippen molar-refractivity contribution >= 4 is 45.9 Å².